The van der Waals surface area contributed by atoms with Gasteiger partial charge in [0.2, 0.25) is 5.79 Å². The molecule has 2 aromatic carbocycles. The number of ketones is 1. The molecule has 13 heteroatoms. The number of aliphatic carboxylic acids is 1. The van der Waals surface area contributed by atoms with Gasteiger partial charge in [-0.1, -0.05) is 85.7 Å². The van der Waals surface area contributed by atoms with Crippen LogP contribution in [-0.2, 0) is 38.0 Å². The van der Waals surface area contributed by atoms with Crippen molar-refractivity contribution in [3.05, 3.63) is 60.2 Å². The van der Waals surface area contributed by atoms with Gasteiger partial charge < -0.3 is 48.5 Å². The third kappa shape index (κ3) is 10.2. The molecule has 0 aliphatic carbocycles. The first-order chi connectivity index (χ1) is 30.7. The average Bonchev–Trinajstić information content (AvgIpc) is 3.63. The van der Waals surface area contributed by atoms with E-state index in [-0.39, 0.29) is 59.2 Å². The number of fused-ring (bicyclic) bond motifs is 1. The molecule has 66 heavy (non-hydrogen) atoms. The minimum absolute atomic E-state index is 0. The second kappa shape index (κ2) is 21.0. The van der Waals surface area contributed by atoms with E-state index < -0.39 is 95.0 Å². The van der Waals surface area contributed by atoms with Crippen molar-refractivity contribution in [2.45, 2.75) is 199 Å². The van der Waals surface area contributed by atoms with Gasteiger partial charge in [-0.15, -0.1) is 0 Å². The number of aliphatic hydroxyl groups is 2. The molecule has 2 aromatic rings. The number of hydrogen-bond acceptors (Lipinski definition) is 12. The van der Waals surface area contributed by atoms with Crippen LogP contribution in [0.5, 0.6) is 0 Å². The zero-order valence-electron chi connectivity index (χ0n) is 41.3. The van der Waals surface area contributed by atoms with Crippen molar-refractivity contribution < 1.29 is 87.7 Å². The first-order valence-corrected chi connectivity index (χ1v) is 24.7. The van der Waals surface area contributed by atoms with E-state index in [0.717, 1.165) is 17.2 Å². The fourth-order valence-electron chi connectivity index (χ4n) is 12.1. The minimum Gasteiger partial charge on any atom is -0.550 e. The molecule has 0 saturated carbocycles. The number of benzene rings is 2. The van der Waals surface area contributed by atoms with E-state index in [1.54, 1.807) is 13.0 Å². The van der Waals surface area contributed by atoms with E-state index in [4.69, 9.17) is 28.4 Å². The SMILES string of the molecule is CC[C@@H](C(=O)[C@@H](C)[C@@H](O)[C@H](C)[C@@H]1O[C@@H]([C@@H](CC)C(=O)[O-])CC[C@@H]1C)[C@H]1O[C@]2(C=C[C@@H](OC(=O)c3ccc4ccccc4c3)[C@]3(CC[C@@](C)([C@H]4CC[C@](O)(CC)[C@H](C)O4)O3)O2)[C@H](C)C[C@@H]1C.[Na+]. The van der Waals surface area contributed by atoms with Crippen LogP contribution < -0.4 is 34.7 Å². The molecular weight excluding hydrogens is 852 g/mol. The number of carboxylic acids is 1. The predicted octanol–water partition coefficient (Wildman–Crippen LogP) is 4.88. The monoisotopic (exact) mass is 927 g/mol. The fraction of sp³-hybridized carbons (Fsp3) is 0.717. The number of hydrogen-bond donors (Lipinski definition) is 2. The van der Waals surface area contributed by atoms with Crippen molar-refractivity contribution in [3.63, 3.8) is 0 Å². The number of carbonyl (C=O) groups excluding carboxylic acids is 3. The molecule has 0 bridgehead atoms. The zero-order valence-corrected chi connectivity index (χ0v) is 43.3. The van der Waals surface area contributed by atoms with E-state index in [1.165, 1.54) is 0 Å². The van der Waals surface area contributed by atoms with Gasteiger partial charge in [0.25, 0.3) is 0 Å². The van der Waals surface area contributed by atoms with Gasteiger partial charge in [0, 0.05) is 42.0 Å². The number of Topliss-reactive ketones (excluding diaryl/α,β-unsaturated/α-hetero) is 1. The number of esters is 1. The molecule has 0 radical (unpaired) electrons. The molecule has 360 valence electrons. The molecule has 5 heterocycles. The number of rotatable bonds is 14. The van der Waals surface area contributed by atoms with Crippen molar-refractivity contribution in [2.24, 2.45) is 41.4 Å². The van der Waals surface area contributed by atoms with Crippen LogP contribution in [0.4, 0.5) is 0 Å². The van der Waals surface area contributed by atoms with Crippen LogP contribution >= 0.6 is 0 Å². The summed E-state index contributed by atoms with van der Waals surface area (Å²) in [7, 11) is 0. The Labute approximate surface area is 414 Å². The number of carboxylic acid groups (broad SMARTS) is 1. The van der Waals surface area contributed by atoms with Gasteiger partial charge in [-0.3, -0.25) is 4.79 Å². The standard InChI is InChI=1S/C53H76O12.Na/c1-11-39(48(56)57)41-21-18-30(4)46(61-41)34(8)44(54)33(7)45(55)40(12-2)47-31(5)28-32(6)52(63-47)25-23-43(62-49(58)38-20-19-36-16-14-15-17-37(36)29-38)53(65-52)27-26-50(10,64-53)42-22-24-51(59,13-3)35(9)60-42;/h14-17,19-20,23,25,29-35,39-44,46-47,54,59H,11-13,18,21-22,24,26-28H2,1-10H3,(H,56,57);/q;+1/p-1/t30-,31-,32+,33-,34-,35-,39+,40-,41+,42+,43+,44+,46+,47-,50-,51+,52-,53-;/m0./s1. The smallest absolute Gasteiger partial charge is 0.550 e. The molecule has 2 N–H and O–H groups in total. The van der Waals surface area contributed by atoms with E-state index >= 15 is 0 Å². The molecule has 4 saturated heterocycles. The Balaban J connectivity index is 0.00000720. The van der Waals surface area contributed by atoms with Crippen LogP contribution in [-0.4, -0.2) is 93.4 Å². The first kappa shape index (κ1) is 53.1. The molecule has 12 nitrogen and oxygen atoms in total. The second-order valence-electron chi connectivity index (χ2n) is 20.8. The van der Waals surface area contributed by atoms with Crippen molar-refractivity contribution in [3.8, 4) is 0 Å². The van der Waals surface area contributed by atoms with Crippen LogP contribution in [0.15, 0.2) is 54.6 Å². The molecule has 5 aliphatic rings. The summed E-state index contributed by atoms with van der Waals surface area (Å²) in [5.41, 5.74) is -1.40. The topological polar surface area (TPSA) is 170 Å². The average molecular weight is 927 g/mol. The van der Waals surface area contributed by atoms with Gasteiger partial charge in [-0.2, -0.15) is 0 Å². The third-order valence-electron chi connectivity index (χ3n) is 16.6. The largest absolute Gasteiger partial charge is 1.00 e. The molecule has 4 fully saturated rings. The summed E-state index contributed by atoms with van der Waals surface area (Å²) < 4.78 is 41.0. The summed E-state index contributed by atoms with van der Waals surface area (Å²) in [6, 6.07) is 13.3. The summed E-state index contributed by atoms with van der Waals surface area (Å²) in [6.07, 6.45) is 4.78. The number of ether oxygens (including phenoxy) is 6. The molecule has 0 amide bonds. The van der Waals surface area contributed by atoms with Crippen LogP contribution in [0.2, 0.25) is 0 Å². The van der Waals surface area contributed by atoms with Gasteiger partial charge in [0.15, 0.2) is 11.9 Å². The van der Waals surface area contributed by atoms with E-state index in [2.05, 4.69) is 13.8 Å². The fourth-order valence-corrected chi connectivity index (χ4v) is 12.1. The summed E-state index contributed by atoms with van der Waals surface area (Å²) in [5.74, 6) is -7.33. The molecule has 0 aromatic heterocycles. The van der Waals surface area contributed by atoms with Gasteiger partial charge >= 0.3 is 35.5 Å². The molecule has 5 aliphatic heterocycles. The normalized spacial score (nSPS) is 39.1. The number of aliphatic hydroxyl groups excluding tert-OH is 1. The summed E-state index contributed by atoms with van der Waals surface area (Å²) in [4.78, 5) is 40.8. The van der Waals surface area contributed by atoms with Crippen LogP contribution in [0.3, 0.4) is 0 Å². The quantitative estimate of drug-likeness (QED) is 0.150. The summed E-state index contributed by atoms with van der Waals surface area (Å²) in [5, 5.41) is 37.0. The minimum atomic E-state index is -1.48. The Morgan fingerprint density at radius 3 is 2.21 bits per heavy atom. The van der Waals surface area contributed by atoms with Crippen LogP contribution in [0.25, 0.3) is 10.8 Å². The van der Waals surface area contributed by atoms with Crippen LogP contribution in [0.1, 0.15) is 144 Å². The maximum atomic E-state index is 14.7. The second-order valence-corrected chi connectivity index (χ2v) is 20.8. The Kier molecular flexibility index (Phi) is 16.9. The summed E-state index contributed by atoms with van der Waals surface area (Å²) in [6.45, 7) is 19.5. The van der Waals surface area contributed by atoms with Crippen molar-refractivity contribution in [1.82, 2.24) is 0 Å². The van der Waals surface area contributed by atoms with Crippen molar-refractivity contribution in [2.75, 3.05) is 0 Å². The molecule has 18 atom stereocenters. The maximum Gasteiger partial charge on any atom is 1.00 e. The Morgan fingerprint density at radius 1 is 0.864 bits per heavy atom. The van der Waals surface area contributed by atoms with Gasteiger partial charge in [0.1, 0.15) is 5.78 Å². The van der Waals surface area contributed by atoms with Crippen molar-refractivity contribution >= 4 is 28.5 Å². The zero-order chi connectivity index (χ0) is 47.2. The maximum absolute atomic E-state index is 14.7. The van der Waals surface area contributed by atoms with E-state index in [0.29, 0.717) is 63.4 Å². The van der Waals surface area contributed by atoms with Crippen LogP contribution in [0, 0.1) is 41.4 Å². The van der Waals surface area contributed by atoms with Gasteiger partial charge in [0.05, 0.1) is 53.4 Å². The number of carbonyl (C=O) groups is 3. The Bertz CT molecular complexity index is 2060. The first-order valence-electron chi connectivity index (χ1n) is 24.7. The van der Waals surface area contributed by atoms with Gasteiger partial charge in [-0.25, -0.2) is 4.79 Å². The molecule has 2 spiro atoms. The van der Waals surface area contributed by atoms with Crippen molar-refractivity contribution in [1.29, 1.82) is 0 Å². The van der Waals surface area contributed by atoms with Gasteiger partial charge in [-0.05, 0) is 119 Å². The Morgan fingerprint density at radius 2 is 1.56 bits per heavy atom. The van der Waals surface area contributed by atoms with E-state index in [9.17, 15) is 29.7 Å². The molecule has 7 rings (SSSR count). The molecular formula is C53H75NaO12. The van der Waals surface area contributed by atoms with E-state index in [1.807, 2.05) is 97.0 Å². The predicted molar refractivity (Wildman–Crippen MR) is 243 cm³/mol. The summed E-state index contributed by atoms with van der Waals surface area (Å²) >= 11 is 0. The molecule has 0 unspecified atom stereocenters. The Hall–Kier alpha value is -2.23. The third-order valence-corrected chi connectivity index (χ3v) is 16.6.